The summed E-state index contributed by atoms with van der Waals surface area (Å²) in [7, 11) is 0. The Hall–Kier alpha value is -2.24. The van der Waals surface area contributed by atoms with Gasteiger partial charge in [-0.05, 0) is 18.6 Å². The van der Waals surface area contributed by atoms with Crippen LogP contribution in [0.5, 0.6) is 5.75 Å². The van der Waals surface area contributed by atoms with Crippen LogP contribution in [0.4, 0.5) is 5.69 Å². The number of amides is 2. The fraction of sp³-hybridized carbons (Fsp3) is 0.385. The number of carbonyl (C=O) groups excluding carboxylic acids is 2. The highest BCUT2D eigenvalue weighted by Gasteiger charge is 2.26. The number of nitrogen functional groups attached to an aromatic ring is 1. The predicted octanol–water partition coefficient (Wildman–Crippen LogP) is 0.0424. The summed E-state index contributed by atoms with van der Waals surface area (Å²) < 4.78 is 5.44. The number of rotatable bonds is 5. The van der Waals surface area contributed by atoms with Crippen molar-refractivity contribution in [2.45, 2.75) is 18.9 Å². The third kappa shape index (κ3) is 3.87. The van der Waals surface area contributed by atoms with Gasteiger partial charge in [0.15, 0.2) is 0 Å². The van der Waals surface area contributed by atoms with Gasteiger partial charge in [-0.25, -0.2) is 0 Å². The maximum atomic E-state index is 11.7. The molecule has 2 rings (SSSR count). The number of nitrogens with one attached hydrogen (secondary N) is 2. The predicted molar refractivity (Wildman–Crippen MR) is 70.5 cm³/mol. The van der Waals surface area contributed by atoms with E-state index in [9.17, 15) is 9.59 Å². The summed E-state index contributed by atoms with van der Waals surface area (Å²) >= 11 is 0. The van der Waals surface area contributed by atoms with E-state index in [0.29, 0.717) is 37.4 Å². The van der Waals surface area contributed by atoms with Crippen molar-refractivity contribution < 1.29 is 14.3 Å². The second-order valence-corrected chi connectivity index (χ2v) is 4.37. The van der Waals surface area contributed by atoms with Crippen molar-refractivity contribution in [1.82, 2.24) is 10.6 Å². The summed E-state index contributed by atoms with van der Waals surface area (Å²) in [5.41, 5.74) is 6.25. The first-order valence-corrected chi connectivity index (χ1v) is 6.20. The van der Waals surface area contributed by atoms with E-state index >= 15 is 0 Å². The van der Waals surface area contributed by atoms with Crippen LogP contribution >= 0.6 is 0 Å². The molecule has 19 heavy (non-hydrogen) atoms. The first kappa shape index (κ1) is 13.2. The number of carbonyl (C=O) groups is 2. The molecular weight excluding hydrogens is 246 g/mol. The summed E-state index contributed by atoms with van der Waals surface area (Å²) in [6.07, 6.45) is 0.971. The van der Waals surface area contributed by atoms with E-state index in [1.807, 2.05) is 0 Å². The Labute approximate surface area is 111 Å². The van der Waals surface area contributed by atoms with Crippen LogP contribution < -0.4 is 21.1 Å². The SMILES string of the molecule is Nc1cccc(OCCNC(=O)C2CCC(=O)N2)c1. The largest absolute Gasteiger partial charge is 0.492 e. The van der Waals surface area contributed by atoms with Gasteiger partial charge >= 0.3 is 0 Å². The topological polar surface area (TPSA) is 93.4 Å². The summed E-state index contributed by atoms with van der Waals surface area (Å²) in [5, 5.41) is 5.33. The lowest BCUT2D eigenvalue weighted by molar-refractivity contribution is -0.125. The van der Waals surface area contributed by atoms with Crippen LogP contribution in [0.15, 0.2) is 24.3 Å². The molecule has 0 radical (unpaired) electrons. The highest BCUT2D eigenvalue weighted by molar-refractivity contribution is 5.90. The normalized spacial score (nSPS) is 17.9. The van der Waals surface area contributed by atoms with E-state index in [1.165, 1.54) is 0 Å². The molecule has 0 aliphatic carbocycles. The third-order valence-electron chi connectivity index (χ3n) is 2.84. The van der Waals surface area contributed by atoms with Crippen molar-refractivity contribution in [1.29, 1.82) is 0 Å². The Morgan fingerprint density at radius 1 is 1.53 bits per heavy atom. The molecule has 4 N–H and O–H groups in total. The van der Waals surface area contributed by atoms with E-state index in [2.05, 4.69) is 10.6 Å². The monoisotopic (exact) mass is 263 g/mol. The van der Waals surface area contributed by atoms with Gasteiger partial charge in [0.2, 0.25) is 11.8 Å². The molecule has 6 heteroatoms. The lowest BCUT2D eigenvalue weighted by Gasteiger charge is -2.11. The Balaban J connectivity index is 1.66. The molecule has 2 amide bonds. The summed E-state index contributed by atoms with van der Waals surface area (Å²) in [4.78, 5) is 22.6. The average molecular weight is 263 g/mol. The van der Waals surface area contributed by atoms with E-state index in [4.69, 9.17) is 10.5 Å². The zero-order valence-electron chi connectivity index (χ0n) is 10.5. The molecule has 102 valence electrons. The van der Waals surface area contributed by atoms with E-state index < -0.39 is 6.04 Å². The summed E-state index contributed by atoms with van der Waals surface area (Å²) in [6.45, 7) is 0.746. The number of hydrogen-bond acceptors (Lipinski definition) is 4. The molecule has 1 aliphatic heterocycles. The minimum absolute atomic E-state index is 0.0730. The van der Waals surface area contributed by atoms with Gasteiger partial charge in [-0.2, -0.15) is 0 Å². The Morgan fingerprint density at radius 2 is 2.37 bits per heavy atom. The molecule has 1 saturated heterocycles. The van der Waals surface area contributed by atoms with Crippen molar-refractivity contribution in [3.05, 3.63) is 24.3 Å². The maximum absolute atomic E-state index is 11.7. The van der Waals surface area contributed by atoms with Crippen molar-refractivity contribution in [2.24, 2.45) is 0 Å². The molecule has 1 unspecified atom stereocenters. The van der Waals surface area contributed by atoms with Crippen LogP contribution in [0.1, 0.15) is 12.8 Å². The van der Waals surface area contributed by atoms with Crippen LogP contribution in [-0.4, -0.2) is 31.0 Å². The highest BCUT2D eigenvalue weighted by Crippen LogP contribution is 2.13. The molecule has 1 fully saturated rings. The van der Waals surface area contributed by atoms with Gasteiger partial charge in [0, 0.05) is 18.2 Å². The Morgan fingerprint density at radius 3 is 3.05 bits per heavy atom. The second kappa shape index (κ2) is 6.08. The molecule has 1 atom stereocenters. The molecule has 0 saturated carbocycles. The Bertz CT molecular complexity index is 476. The van der Waals surface area contributed by atoms with Gasteiger partial charge < -0.3 is 21.1 Å². The molecule has 1 heterocycles. The minimum Gasteiger partial charge on any atom is -0.492 e. The number of nitrogens with two attached hydrogens (primary N) is 1. The van der Waals surface area contributed by atoms with Crippen LogP contribution in [0, 0.1) is 0 Å². The number of hydrogen-bond donors (Lipinski definition) is 3. The van der Waals surface area contributed by atoms with Gasteiger partial charge in [0.25, 0.3) is 0 Å². The summed E-state index contributed by atoms with van der Waals surface area (Å²) in [5.74, 6) is 0.432. The number of benzene rings is 1. The van der Waals surface area contributed by atoms with E-state index in [0.717, 1.165) is 0 Å². The molecular formula is C13H17N3O3. The van der Waals surface area contributed by atoms with Crippen LogP contribution in [-0.2, 0) is 9.59 Å². The molecule has 6 nitrogen and oxygen atoms in total. The van der Waals surface area contributed by atoms with E-state index in [1.54, 1.807) is 24.3 Å². The molecule has 0 spiro atoms. The molecule has 1 aromatic rings. The first-order chi connectivity index (χ1) is 9.15. The molecule has 1 aliphatic rings. The fourth-order valence-electron chi connectivity index (χ4n) is 1.88. The first-order valence-electron chi connectivity index (χ1n) is 6.20. The molecule has 0 aromatic heterocycles. The minimum atomic E-state index is -0.403. The van der Waals surface area contributed by atoms with Gasteiger partial charge in [-0.3, -0.25) is 9.59 Å². The third-order valence-corrected chi connectivity index (χ3v) is 2.84. The smallest absolute Gasteiger partial charge is 0.242 e. The zero-order valence-corrected chi connectivity index (χ0v) is 10.5. The average Bonchev–Trinajstić information content (AvgIpc) is 2.81. The van der Waals surface area contributed by atoms with Crippen LogP contribution in [0.3, 0.4) is 0 Å². The fourth-order valence-corrected chi connectivity index (χ4v) is 1.88. The van der Waals surface area contributed by atoms with Gasteiger partial charge in [-0.1, -0.05) is 6.07 Å². The van der Waals surface area contributed by atoms with Crippen molar-refractivity contribution in [2.75, 3.05) is 18.9 Å². The number of ether oxygens (including phenoxy) is 1. The molecule has 0 bridgehead atoms. The van der Waals surface area contributed by atoms with Crippen LogP contribution in [0.25, 0.3) is 0 Å². The Kier molecular flexibility index (Phi) is 4.22. The quantitative estimate of drug-likeness (QED) is 0.516. The lowest BCUT2D eigenvalue weighted by atomic mass is 10.2. The van der Waals surface area contributed by atoms with Crippen molar-refractivity contribution in [3.63, 3.8) is 0 Å². The second-order valence-electron chi connectivity index (χ2n) is 4.37. The lowest BCUT2D eigenvalue weighted by Crippen LogP contribution is -2.42. The highest BCUT2D eigenvalue weighted by atomic mass is 16.5. The number of anilines is 1. The van der Waals surface area contributed by atoms with Gasteiger partial charge in [0.05, 0.1) is 6.54 Å². The van der Waals surface area contributed by atoms with E-state index in [-0.39, 0.29) is 11.8 Å². The zero-order chi connectivity index (χ0) is 13.7. The van der Waals surface area contributed by atoms with Crippen molar-refractivity contribution in [3.8, 4) is 5.75 Å². The van der Waals surface area contributed by atoms with Crippen molar-refractivity contribution >= 4 is 17.5 Å². The van der Waals surface area contributed by atoms with Gasteiger partial charge in [0.1, 0.15) is 18.4 Å². The van der Waals surface area contributed by atoms with Crippen LogP contribution in [0.2, 0.25) is 0 Å². The molecule has 1 aromatic carbocycles. The standard InChI is InChI=1S/C13H17N3O3/c14-9-2-1-3-10(8-9)19-7-6-15-13(18)11-4-5-12(17)16-11/h1-3,8,11H,4-7,14H2,(H,15,18)(H,16,17). The summed E-state index contributed by atoms with van der Waals surface area (Å²) in [6, 6.07) is 6.70. The van der Waals surface area contributed by atoms with Gasteiger partial charge in [-0.15, -0.1) is 0 Å². The maximum Gasteiger partial charge on any atom is 0.242 e.